The summed E-state index contributed by atoms with van der Waals surface area (Å²) >= 11 is 0. The van der Waals surface area contributed by atoms with Crippen LogP contribution in [-0.2, 0) is 10.0 Å². The van der Waals surface area contributed by atoms with E-state index in [0.717, 1.165) is 4.90 Å². The van der Waals surface area contributed by atoms with Gasteiger partial charge in [-0.1, -0.05) is 76.2 Å². The molecule has 0 aromatic heterocycles. The van der Waals surface area contributed by atoms with Gasteiger partial charge in [-0.15, -0.1) is 4.40 Å². The quantitative estimate of drug-likeness (QED) is 0.271. The standard InChI is InChI=1S/C21H17NO3S3/c23-28(24,20-14-8-3-9-15-20)22-21(25-18-10-4-1-5-11-18)16-17-26-27-19-12-6-2-7-13-19/h1-17H/b17-16+,22-21?. The van der Waals surface area contributed by atoms with Crippen molar-refractivity contribution in [1.29, 1.82) is 0 Å². The number of ether oxygens (including phenoxy) is 1. The van der Waals surface area contributed by atoms with Crippen molar-refractivity contribution in [2.45, 2.75) is 9.79 Å². The van der Waals surface area contributed by atoms with Gasteiger partial charge in [0.25, 0.3) is 10.0 Å². The summed E-state index contributed by atoms with van der Waals surface area (Å²) in [7, 11) is -0.873. The number of hydrogen-bond donors (Lipinski definition) is 0. The van der Waals surface area contributed by atoms with Gasteiger partial charge in [-0.25, -0.2) is 0 Å². The minimum absolute atomic E-state index is 0.00350. The lowest BCUT2D eigenvalue weighted by molar-refractivity contribution is 0.553. The summed E-state index contributed by atoms with van der Waals surface area (Å²) < 4.78 is 34.7. The fourth-order valence-electron chi connectivity index (χ4n) is 2.10. The van der Waals surface area contributed by atoms with Gasteiger partial charge in [0.2, 0.25) is 5.90 Å². The molecule has 0 saturated heterocycles. The molecule has 0 N–H and O–H groups in total. The van der Waals surface area contributed by atoms with Crippen molar-refractivity contribution in [2.75, 3.05) is 0 Å². The van der Waals surface area contributed by atoms with E-state index >= 15 is 0 Å². The highest BCUT2D eigenvalue weighted by atomic mass is 33.1. The minimum atomic E-state index is -3.87. The Morgan fingerprint density at radius 1 is 0.821 bits per heavy atom. The maximum absolute atomic E-state index is 12.6. The zero-order chi connectivity index (χ0) is 19.7. The van der Waals surface area contributed by atoms with Crippen LogP contribution in [0.4, 0.5) is 0 Å². The van der Waals surface area contributed by atoms with Crippen LogP contribution in [0, 0.1) is 0 Å². The molecule has 28 heavy (non-hydrogen) atoms. The molecular weight excluding hydrogens is 410 g/mol. The number of nitrogens with zero attached hydrogens (tertiary/aromatic N) is 1. The summed E-state index contributed by atoms with van der Waals surface area (Å²) in [6.07, 6.45) is 1.55. The zero-order valence-corrected chi connectivity index (χ0v) is 17.2. The van der Waals surface area contributed by atoms with E-state index in [9.17, 15) is 8.42 Å². The monoisotopic (exact) mass is 427 g/mol. The van der Waals surface area contributed by atoms with E-state index in [4.69, 9.17) is 4.74 Å². The molecule has 0 heterocycles. The van der Waals surface area contributed by atoms with Crippen LogP contribution < -0.4 is 4.74 Å². The fourth-order valence-corrected chi connectivity index (χ4v) is 4.65. The van der Waals surface area contributed by atoms with E-state index in [1.807, 2.05) is 48.5 Å². The zero-order valence-electron chi connectivity index (χ0n) is 14.7. The number of hydrogen-bond acceptors (Lipinski definition) is 5. The lowest BCUT2D eigenvalue weighted by Crippen LogP contribution is -2.09. The van der Waals surface area contributed by atoms with Gasteiger partial charge < -0.3 is 4.74 Å². The first-order valence-corrected chi connectivity index (χ1v) is 12.0. The Kier molecular flexibility index (Phi) is 7.36. The predicted octanol–water partition coefficient (Wildman–Crippen LogP) is 5.81. The summed E-state index contributed by atoms with van der Waals surface area (Å²) in [6.45, 7) is 0. The number of sulfonamides is 1. The second-order valence-electron chi connectivity index (χ2n) is 5.43. The SMILES string of the molecule is O=S(=O)(N=C(/C=C/SSc1ccccc1)Oc1ccccc1)c1ccccc1. The van der Waals surface area contributed by atoms with Crippen molar-refractivity contribution in [1.82, 2.24) is 0 Å². The lowest BCUT2D eigenvalue weighted by Gasteiger charge is -2.06. The largest absolute Gasteiger partial charge is 0.438 e. The van der Waals surface area contributed by atoms with Crippen LogP contribution in [0.15, 0.2) is 117 Å². The van der Waals surface area contributed by atoms with Crippen LogP contribution in [0.2, 0.25) is 0 Å². The molecule has 0 aliphatic rings. The van der Waals surface area contributed by atoms with Gasteiger partial charge in [-0.2, -0.15) is 8.42 Å². The van der Waals surface area contributed by atoms with E-state index in [-0.39, 0.29) is 10.8 Å². The molecule has 0 spiro atoms. The first kappa shape index (κ1) is 20.3. The molecule has 3 rings (SSSR count). The predicted molar refractivity (Wildman–Crippen MR) is 117 cm³/mol. The number of benzene rings is 3. The van der Waals surface area contributed by atoms with Crippen molar-refractivity contribution in [3.05, 3.63) is 102 Å². The van der Waals surface area contributed by atoms with Crippen LogP contribution in [-0.4, -0.2) is 14.3 Å². The van der Waals surface area contributed by atoms with Crippen molar-refractivity contribution >= 4 is 37.5 Å². The molecule has 142 valence electrons. The third-order valence-corrected chi connectivity index (χ3v) is 6.67. The van der Waals surface area contributed by atoms with Gasteiger partial charge in [0.1, 0.15) is 5.75 Å². The van der Waals surface area contributed by atoms with Crippen LogP contribution in [0.1, 0.15) is 0 Å². The topological polar surface area (TPSA) is 55.7 Å². The summed E-state index contributed by atoms with van der Waals surface area (Å²) in [5.74, 6) is 0.506. The second kappa shape index (κ2) is 10.2. The fraction of sp³-hybridized carbons (Fsp3) is 0. The molecule has 0 atom stereocenters. The molecular formula is C21H17NO3S3. The van der Waals surface area contributed by atoms with Crippen molar-refractivity contribution in [2.24, 2.45) is 4.40 Å². The highest BCUT2D eigenvalue weighted by Crippen LogP contribution is 2.31. The van der Waals surface area contributed by atoms with Gasteiger partial charge in [0.15, 0.2) is 0 Å². The molecule has 0 amide bonds. The normalized spacial score (nSPS) is 12.2. The highest BCUT2D eigenvalue weighted by Gasteiger charge is 2.14. The van der Waals surface area contributed by atoms with E-state index in [1.165, 1.54) is 22.9 Å². The Hall–Kier alpha value is -2.48. The second-order valence-corrected chi connectivity index (χ2v) is 9.21. The first-order valence-electron chi connectivity index (χ1n) is 8.31. The van der Waals surface area contributed by atoms with Crippen LogP contribution in [0.25, 0.3) is 0 Å². The Labute approximate surface area is 172 Å². The summed E-state index contributed by atoms with van der Waals surface area (Å²) in [6, 6.07) is 26.9. The molecule has 0 aliphatic carbocycles. The maximum atomic E-state index is 12.6. The number of para-hydroxylation sites is 1. The molecule has 0 fully saturated rings. The molecule has 3 aromatic carbocycles. The smallest absolute Gasteiger partial charge is 0.285 e. The van der Waals surface area contributed by atoms with Gasteiger partial charge >= 0.3 is 0 Å². The molecule has 7 heteroatoms. The molecule has 0 unspecified atom stereocenters. The van der Waals surface area contributed by atoms with E-state index in [1.54, 1.807) is 52.6 Å². The first-order chi connectivity index (χ1) is 13.6. The van der Waals surface area contributed by atoms with Crippen LogP contribution >= 0.6 is 21.6 Å². The summed E-state index contributed by atoms with van der Waals surface area (Å²) in [5, 5.41) is 1.75. The van der Waals surface area contributed by atoms with Crippen molar-refractivity contribution in [3.8, 4) is 5.75 Å². The Morgan fingerprint density at radius 3 is 2.04 bits per heavy atom. The maximum Gasteiger partial charge on any atom is 0.285 e. The minimum Gasteiger partial charge on any atom is -0.438 e. The van der Waals surface area contributed by atoms with Crippen LogP contribution in [0.5, 0.6) is 5.75 Å². The van der Waals surface area contributed by atoms with Gasteiger partial charge in [0, 0.05) is 11.0 Å². The Balaban J connectivity index is 1.79. The molecule has 4 nitrogen and oxygen atoms in total. The summed E-state index contributed by atoms with van der Waals surface area (Å²) in [5.41, 5.74) is 0. The van der Waals surface area contributed by atoms with E-state index in [0.29, 0.717) is 5.75 Å². The van der Waals surface area contributed by atoms with Crippen molar-refractivity contribution < 1.29 is 13.2 Å². The number of rotatable bonds is 7. The Morgan fingerprint density at radius 2 is 1.39 bits per heavy atom. The van der Waals surface area contributed by atoms with Gasteiger partial charge in [-0.3, -0.25) is 0 Å². The van der Waals surface area contributed by atoms with E-state index < -0.39 is 10.0 Å². The lowest BCUT2D eigenvalue weighted by atomic mass is 10.3. The van der Waals surface area contributed by atoms with Crippen LogP contribution in [0.3, 0.4) is 0 Å². The third-order valence-electron chi connectivity index (χ3n) is 3.37. The van der Waals surface area contributed by atoms with Gasteiger partial charge in [-0.05, 0) is 41.8 Å². The van der Waals surface area contributed by atoms with Crippen molar-refractivity contribution in [3.63, 3.8) is 0 Å². The molecule has 3 aromatic rings. The van der Waals surface area contributed by atoms with Gasteiger partial charge in [0.05, 0.1) is 4.90 Å². The highest BCUT2D eigenvalue weighted by molar-refractivity contribution is 8.77. The van der Waals surface area contributed by atoms with E-state index in [2.05, 4.69) is 4.40 Å². The Bertz CT molecular complexity index is 1040. The molecule has 0 bridgehead atoms. The molecule has 0 aliphatic heterocycles. The molecule has 0 radical (unpaired) electrons. The average molecular weight is 428 g/mol. The molecule has 0 saturated carbocycles. The average Bonchev–Trinajstić information content (AvgIpc) is 2.73. The summed E-state index contributed by atoms with van der Waals surface area (Å²) in [4.78, 5) is 1.21. The third kappa shape index (κ3) is 6.30.